The highest BCUT2D eigenvalue weighted by molar-refractivity contribution is 6.36. The van der Waals surface area contributed by atoms with E-state index >= 15 is 0 Å². The van der Waals surface area contributed by atoms with Gasteiger partial charge in [0.1, 0.15) is 0 Å². The molecule has 2 N–H and O–H groups in total. The molecule has 37 heavy (non-hydrogen) atoms. The second-order valence-electron chi connectivity index (χ2n) is 9.22. The molecule has 0 bridgehead atoms. The molecule has 1 fully saturated rings. The minimum absolute atomic E-state index is 0.406. The predicted octanol–water partition coefficient (Wildman–Crippen LogP) is 5.72. The van der Waals surface area contributed by atoms with Crippen LogP contribution in [-0.4, -0.2) is 23.7 Å². The van der Waals surface area contributed by atoms with E-state index in [2.05, 4.69) is 5.32 Å². The van der Waals surface area contributed by atoms with Crippen molar-refractivity contribution in [3.63, 3.8) is 0 Å². The number of ether oxygens (including phenoxy) is 2. The van der Waals surface area contributed by atoms with Gasteiger partial charge in [-0.2, -0.15) is 0 Å². The number of hydrogen-bond acceptors (Lipinski definition) is 5. The third kappa shape index (κ3) is 3.26. The van der Waals surface area contributed by atoms with Crippen LogP contribution in [0.25, 0.3) is 0 Å². The molecule has 2 heterocycles. The molecular formula is C30H23Cl2NO4. The van der Waals surface area contributed by atoms with Gasteiger partial charge in [-0.05, 0) is 23.3 Å². The van der Waals surface area contributed by atoms with Crippen LogP contribution in [0.5, 0.6) is 0 Å². The Morgan fingerprint density at radius 1 is 0.811 bits per heavy atom. The normalized spacial score (nSPS) is 27.9. The fourth-order valence-corrected chi connectivity index (χ4v) is 6.37. The van der Waals surface area contributed by atoms with Crippen molar-refractivity contribution < 1.29 is 19.4 Å². The number of benzene rings is 4. The van der Waals surface area contributed by atoms with E-state index in [-0.39, 0.29) is 0 Å². The molecular weight excluding hydrogens is 509 g/mol. The van der Waals surface area contributed by atoms with E-state index in [0.29, 0.717) is 37.9 Å². The fourth-order valence-electron chi connectivity index (χ4n) is 5.75. The molecule has 0 aliphatic carbocycles. The molecule has 6 rings (SSSR count). The average Bonchev–Trinajstić information content (AvgIpc) is 3.61. The zero-order valence-electron chi connectivity index (χ0n) is 19.8. The summed E-state index contributed by atoms with van der Waals surface area (Å²) in [6.45, 7) is 0. The van der Waals surface area contributed by atoms with Crippen LogP contribution in [0.3, 0.4) is 0 Å². The molecule has 186 valence electrons. The Balaban J connectivity index is 1.68. The topological polar surface area (TPSA) is 77.7 Å². The van der Waals surface area contributed by atoms with Gasteiger partial charge in [-0.3, -0.25) is 5.32 Å². The highest BCUT2D eigenvalue weighted by Gasteiger charge is 2.79. The summed E-state index contributed by atoms with van der Waals surface area (Å²) in [5, 5.41) is 16.4. The Morgan fingerprint density at radius 2 is 1.35 bits per heavy atom. The Kier molecular flexibility index (Phi) is 5.68. The summed E-state index contributed by atoms with van der Waals surface area (Å²) in [4.78, 5) is 13.9. The number of carbonyl (C=O) groups is 1. The van der Waals surface area contributed by atoms with Crippen LogP contribution < -0.4 is 5.32 Å². The van der Waals surface area contributed by atoms with Crippen molar-refractivity contribution in [2.24, 2.45) is 0 Å². The van der Waals surface area contributed by atoms with Crippen molar-refractivity contribution in [3.05, 3.63) is 141 Å². The molecule has 4 aromatic carbocycles. The largest absolute Gasteiger partial charge is 0.467 e. The lowest BCUT2D eigenvalue weighted by Gasteiger charge is -2.39. The SMILES string of the molecule is COC(=O)[C@@]1([C@@]2(c3ccccc3)OC(O)(c3ccccc3)c3ccccc32)N[C@H]1c1c(Cl)cccc1Cl. The molecule has 2 aliphatic rings. The van der Waals surface area contributed by atoms with Gasteiger partial charge in [-0.25, -0.2) is 4.79 Å². The number of halogens is 2. The minimum Gasteiger partial charge on any atom is -0.467 e. The van der Waals surface area contributed by atoms with Gasteiger partial charge in [-0.15, -0.1) is 0 Å². The van der Waals surface area contributed by atoms with Crippen molar-refractivity contribution >= 4 is 29.2 Å². The molecule has 5 nitrogen and oxygen atoms in total. The number of rotatable bonds is 5. The Hall–Kier alpha value is -3.19. The molecule has 1 saturated heterocycles. The molecule has 0 saturated carbocycles. The van der Waals surface area contributed by atoms with E-state index in [0.717, 1.165) is 0 Å². The number of aliphatic hydroxyl groups is 1. The number of hydrogen-bond donors (Lipinski definition) is 2. The van der Waals surface area contributed by atoms with Crippen LogP contribution >= 0.6 is 23.2 Å². The second-order valence-corrected chi connectivity index (χ2v) is 10.0. The van der Waals surface area contributed by atoms with Gasteiger partial charge in [0, 0.05) is 26.7 Å². The van der Waals surface area contributed by atoms with E-state index in [4.69, 9.17) is 32.7 Å². The third-order valence-electron chi connectivity index (χ3n) is 7.39. The molecule has 7 heteroatoms. The average molecular weight is 532 g/mol. The maximum atomic E-state index is 13.9. The van der Waals surface area contributed by atoms with Crippen LogP contribution in [0.1, 0.15) is 33.9 Å². The van der Waals surface area contributed by atoms with E-state index < -0.39 is 28.9 Å². The van der Waals surface area contributed by atoms with Crippen molar-refractivity contribution in [1.29, 1.82) is 0 Å². The molecule has 4 atom stereocenters. The fraction of sp³-hybridized carbons (Fsp3) is 0.167. The van der Waals surface area contributed by atoms with Gasteiger partial charge < -0.3 is 14.6 Å². The van der Waals surface area contributed by atoms with Gasteiger partial charge in [-0.1, -0.05) is 114 Å². The number of esters is 1. The smallest absolute Gasteiger partial charge is 0.331 e. The highest BCUT2D eigenvalue weighted by atomic mass is 35.5. The molecule has 0 spiro atoms. The quantitative estimate of drug-likeness (QED) is 0.254. The third-order valence-corrected chi connectivity index (χ3v) is 8.05. The predicted molar refractivity (Wildman–Crippen MR) is 141 cm³/mol. The molecule has 0 radical (unpaired) electrons. The number of nitrogens with one attached hydrogen (secondary N) is 1. The standard InChI is InChI=1S/C30H23Cl2NO4/c1-36-27(34)28(26(33-28)25-23(31)17-10-18-24(25)32)29(19-11-4-2-5-12-19)21-15-8-9-16-22(21)30(35,37-29)20-13-6-3-7-14-20/h2-18,26,33,35H,1H3/t26-,28-,29-,30?/m0/s1. The van der Waals surface area contributed by atoms with E-state index in [1.165, 1.54) is 7.11 Å². The number of methoxy groups -OCH3 is 1. The Bertz CT molecular complexity index is 1480. The zero-order valence-corrected chi connectivity index (χ0v) is 21.3. The number of carbonyl (C=O) groups excluding carboxylic acids is 1. The van der Waals surface area contributed by atoms with E-state index in [9.17, 15) is 9.90 Å². The zero-order chi connectivity index (χ0) is 25.8. The summed E-state index contributed by atoms with van der Waals surface area (Å²) >= 11 is 13.2. The van der Waals surface area contributed by atoms with Crippen molar-refractivity contribution in [2.45, 2.75) is 23.0 Å². The first-order valence-corrected chi connectivity index (χ1v) is 12.6. The van der Waals surface area contributed by atoms with Gasteiger partial charge in [0.25, 0.3) is 0 Å². The number of fused-ring (bicyclic) bond motifs is 1. The Labute approximate surface area is 224 Å². The van der Waals surface area contributed by atoms with Gasteiger partial charge in [0.05, 0.1) is 13.2 Å². The highest BCUT2D eigenvalue weighted by Crippen LogP contribution is 2.65. The van der Waals surface area contributed by atoms with Gasteiger partial charge >= 0.3 is 5.97 Å². The lowest BCUT2D eigenvalue weighted by atomic mass is 9.72. The van der Waals surface area contributed by atoms with Crippen LogP contribution in [-0.2, 0) is 25.7 Å². The lowest BCUT2D eigenvalue weighted by molar-refractivity contribution is -0.233. The van der Waals surface area contributed by atoms with Crippen LogP contribution in [0.2, 0.25) is 10.0 Å². The van der Waals surface area contributed by atoms with Crippen LogP contribution in [0, 0.1) is 0 Å². The molecule has 2 aliphatic heterocycles. The first-order chi connectivity index (χ1) is 17.9. The Morgan fingerprint density at radius 3 is 1.95 bits per heavy atom. The lowest BCUT2D eigenvalue weighted by Crippen LogP contribution is -2.53. The molecule has 0 aromatic heterocycles. The first-order valence-electron chi connectivity index (χ1n) is 11.8. The van der Waals surface area contributed by atoms with E-state index in [1.54, 1.807) is 30.3 Å². The summed E-state index contributed by atoms with van der Waals surface area (Å²) < 4.78 is 12.3. The summed E-state index contributed by atoms with van der Waals surface area (Å²) in [5.41, 5.74) is -0.0703. The minimum atomic E-state index is -1.85. The van der Waals surface area contributed by atoms with Crippen LogP contribution in [0.15, 0.2) is 103 Å². The van der Waals surface area contributed by atoms with E-state index in [1.807, 2.05) is 72.8 Å². The van der Waals surface area contributed by atoms with Crippen molar-refractivity contribution in [1.82, 2.24) is 5.32 Å². The maximum Gasteiger partial charge on any atom is 0.331 e. The molecule has 4 aromatic rings. The van der Waals surface area contributed by atoms with Gasteiger partial charge in [0.2, 0.25) is 5.79 Å². The monoisotopic (exact) mass is 531 g/mol. The van der Waals surface area contributed by atoms with Crippen molar-refractivity contribution in [3.8, 4) is 0 Å². The molecule has 1 unspecified atom stereocenters. The van der Waals surface area contributed by atoms with Crippen molar-refractivity contribution in [2.75, 3.05) is 7.11 Å². The van der Waals surface area contributed by atoms with Crippen LogP contribution in [0.4, 0.5) is 0 Å². The molecule has 0 amide bonds. The summed E-state index contributed by atoms with van der Waals surface area (Å²) in [6, 6.07) is 30.4. The first kappa shape index (κ1) is 24.2. The second kappa shape index (κ2) is 8.69. The summed E-state index contributed by atoms with van der Waals surface area (Å²) in [7, 11) is 1.33. The summed E-state index contributed by atoms with van der Waals surface area (Å²) in [5.74, 6) is -2.42. The van der Waals surface area contributed by atoms with Gasteiger partial charge in [0.15, 0.2) is 11.1 Å². The maximum absolute atomic E-state index is 13.9. The summed E-state index contributed by atoms with van der Waals surface area (Å²) in [6.07, 6.45) is 0.